The highest BCUT2D eigenvalue weighted by Crippen LogP contribution is 2.39. The predicted octanol–water partition coefficient (Wildman–Crippen LogP) is 2.95. The molecule has 5 nitrogen and oxygen atoms in total. The fourth-order valence-corrected chi connectivity index (χ4v) is 3.96. The van der Waals surface area contributed by atoms with Gasteiger partial charge in [0.1, 0.15) is 0 Å². The lowest BCUT2D eigenvalue weighted by molar-refractivity contribution is -0.137. The molecule has 0 radical (unpaired) electrons. The van der Waals surface area contributed by atoms with Crippen molar-refractivity contribution in [2.24, 2.45) is 11.8 Å². The van der Waals surface area contributed by atoms with E-state index < -0.39 is 18.2 Å². The molecule has 6 heteroatoms. The van der Waals surface area contributed by atoms with E-state index in [0.717, 1.165) is 19.3 Å². The van der Waals surface area contributed by atoms with Crippen LogP contribution >= 0.6 is 12.6 Å². The van der Waals surface area contributed by atoms with Crippen LogP contribution in [0.4, 0.5) is 0 Å². The molecular formula is C20H34O5S. The monoisotopic (exact) mass is 386 g/mol. The van der Waals surface area contributed by atoms with E-state index in [9.17, 15) is 20.1 Å². The number of allylic oxidation sites excluding steroid dienone is 2. The van der Waals surface area contributed by atoms with Crippen LogP contribution in [0, 0.1) is 11.8 Å². The highest BCUT2D eigenvalue weighted by atomic mass is 32.1. The van der Waals surface area contributed by atoms with Crippen LogP contribution in [-0.2, 0) is 4.79 Å². The third-order valence-corrected chi connectivity index (χ3v) is 5.52. The third-order valence-electron chi connectivity index (χ3n) is 4.93. The quantitative estimate of drug-likeness (QED) is 0.202. The molecule has 0 bridgehead atoms. The highest BCUT2D eigenvalue weighted by molar-refractivity contribution is 7.81. The van der Waals surface area contributed by atoms with Gasteiger partial charge in [-0.3, -0.25) is 4.79 Å². The number of unbranched alkanes of at least 4 members (excludes halogenated alkanes) is 1. The zero-order chi connectivity index (χ0) is 19.5. The molecule has 4 N–H and O–H groups in total. The predicted molar refractivity (Wildman–Crippen MR) is 106 cm³/mol. The van der Waals surface area contributed by atoms with Crippen LogP contribution in [0.2, 0.25) is 0 Å². The standard InChI is InChI=1S/C20H34O5S/c1-14(21)7-6-8-15(22)11-12-16-17(19(26)13-18(16)23)9-4-2-3-5-10-20(24)25/h2,4,11-12,14-19,21-23,26H,3,5-10,13H2,1H3,(H,24,25)/t14-,15+,16-,17-,18-,19-/m1/s1. The average molecular weight is 387 g/mol. The van der Waals surface area contributed by atoms with Gasteiger partial charge in [0, 0.05) is 17.6 Å². The first kappa shape index (κ1) is 23.2. The van der Waals surface area contributed by atoms with E-state index in [4.69, 9.17) is 5.11 Å². The molecule has 0 heterocycles. The van der Waals surface area contributed by atoms with Crippen molar-refractivity contribution in [1.29, 1.82) is 0 Å². The first-order chi connectivity index (χ1) is 12.3. The fraction of sp³-hybridized carbons (Fsp3) is 0.750. The second-order valence-corrected chi connectivity index (χ2v) is 8.00. The molecule has 1 fully saturated rings. The van der Waals surface area contributed by atoms with Crippen LogP contribution in [0.3, 0.4) is 0 Å². The second-order valence-electron chi connectivity index (χ2n) is 7.34. The van der Waals surface area contributed by atoms with Gasteiger partial charge in [0.2, 0.25) is 0 Å². The summed E-state index contributed by atoms with van der Waals surface area (Å²) in [6.45, 7) is 1.74. The molecule has 0 aromatic heterocycles. The molecule has 6 atom stereocenters. The van der Waals surface area contributed by atoms with E-state index in [0.29, 0.717) is 25.7 Å². The van der Waals surface area contributed by atoms with Gasteiger partial charge >= 0.3 is 5.97 Å². The summed E-state index contributed by atoms with van der Waals surface area (Å²) in [5.74, 6) is -0.609. The lowest BCUT2D eigenvalue weighted by atomic mass is 9.90. The van der Waals surface area contributed by atoms with Crippen molar-refractivity contribution in [3.63, 3.8) is 0 Å². The Morgan fingerprint density at radius 3 is 2.62 bits per heavy atom. The Labute approximate surface area is 162 Å². The summed E-state index contributed by atoms with van der Waals surface area (Å²) < 4.78 is 0. The summed E-state index contributed by atoms with van der Waals surface area (Å²) in [5.41, 5.74) is 0. The van der Waals surface area contributed by atoms with Crippen molar-refractivity contribution >= 4 is 18.6 Å². The Bertz CT molecular complexity index is 463. The molecule has 0 amide bonds. The van der Waals surface area contributed by atoms with Crippen molar-refractivity contribution < 1.29 is 25.2 Å². The molecule has 0 aliphatic heterocycles. The molecular weight excluding hydrogens is 352 g/mol. The van der Waals surface area contributed by atoms with Gasteiger partial charge in [0.15, 0.2) is 0 Å². The summed E-state index contributed by atoms with van der Waals surface area (Å²) in [6.07, 6.45) is 11.3. The molecule has 26 heavy (non-hydrogen) atoms. The van der Waals surface area contributed by atoms with Gasteiger partial charge in [-0.1, -0.05) is 24.3 Å². The van der Waals surface area contributed by atoms with E-state index >= 15 is 0 Å². The van der Waals surface area contributed by atoms with Crippen LogP contribution < -0.4 is 0 Å². The number of aliphatic hydroxyl groups is 3. The molecule has 1 aliphatic rings. The minimum Gasteiger partial charge on any atom is -0.481 e. The number of hydrogen-bond donors (Lipinski definition) is 5. The molecule has 150 valence electrons. The third kappa shape index (κ3) is 9.21. The molecule has 0 aromatic carbocycles. The topological polar surface area (TPSA) is 98.0 Å². The lowest BCUT2D eigenvalue weighted by Crippen LogP contribution is -2.19. The minimum atomic E-state index is -0.773. The summed E-state index contributed by atoms with van der Waals surface area (Å²) in [7, 11) is 0. The lowest BCUT2D eigenvalue weighted by Gasteiger charge is -2.20. The Morgan fingerprint density at radius 1 is 1.23 bits per heavy atom. The molecule has 0 saturated heterocycles. The maximum atomic E-state index is 10.5. The molecule has 0 spiro atoms. The summed E-state index contributed by atoms with van der Waals surface area (Å²) in [5, 5.41) is 38.3. The zero-order valence-electron chi connectivity index (χ0n) is 15.6. The largest absolute Gasteiger partial charge is 0.481 e. The van der Waals surface area contributed by atoms with Gasteiger partial charge in [-0.05, 0) is 57.8 Å². The number of aliphatic hydroxyl groups excluding tert-OH is 3. The van der Waals surface area contributed by atoms with Crippen molar-refractivity contribution in [2.75, 3.05) is 0 Å². The maximum Gasteiger partial charge on any atom is 0.303 e. The van der Waals surface area contributed by atoms with Crippen LogP contribution in [0.25, 0.3) is 0 Å². The van der Waals surface area contributed by atoms with E-state index in [1.807, 2.05) is 18.2 Å². The number of carbonyl (C=O) groups is 1. The number of carboxylic acid groups (broad SMARTS) is 1. The van der Waals surface area contributed by atoms with Crippen molar-refractivity contribution in [2.45, 2.75) is 81.9 Å². The number of rotatable bonds is 12. The number of aliphatic carboxylic acids is 1. The summed E-state index contributed by atoms with van der Waals surface area (Å²) in [6, 6.07) is 0. The van der Waals surface area contributed by atoms with E-state index in [1.54, 1.807) is 13.0 Å². The van der Waals surface area contributed by atoms with Crippen LogP contribution in [0.15, 0.2) is 24.3 Å². The Kier molecular flexibility index (Phi) is 11.2. The molecule has 0 aromatic rings. The maximum absolute atomic E-state index is 10.5. The van der Waals surface area contributed by atoms with E-state index in [-0.39, 0.29) is 29.6 Å². The van der Waals surface area contributed by atoms with Crippen molar-refractivity contribution in [1.82, 2.24) is 0 Å². The number of thiol groups is 1. The summed E-state index contributed by atoms with van der Waals surface area (Å²) >= 11 is 4.60. The zero-order valence-corrected chi connectivity index (χ0v) is 16.5. The number of carboxylic acids is 1. The first-order valence-electron chi connectivity index (χ1n) is 9.58. The van der Waals surface area contributed by atoms with E-state index in [1.165, 1.54) is 0 Å². The fourth-order valence-electron chi connectivity index (χ4n) is 3.42. The van der Waals surface area contributed by atoms with Crippen molar-refractivity contribution in [3.8, 4) is 0 Å². The number of hydrogen-bond acceptors (Lipinski definition) is 5. The average Bonchev–Trinajstić information content (AvgIpc) is 2.81. The van der Waals surface area contributed by atoms with Crippen LogP contribution in [-0.4, -0.2) is 50.0 Å². The molecule has 1 rings (SSSR count). The van der Waals surface area contributed by atoms with Crippen LogP contribution in [0.1, 0.15) is 58.3 Å². The van der Waals surface area contributed by atoms with Gasteiger partial charge in [-0.25, -0.2) is 0 Å². The second kappa shape index (κ2) is 12.5. The van der Waals surface area contributed by atoms with Gasteiger partial charge in [-0.2, -0.15) is 12.6 Å². The smallest absolute Gasteiger partial charge is 0.303 e. The van der Waals surface area contributed by atoms with Gasteiger partial charge in [0.25, 0.3) is 0 Å². The highest BCUT2D eigenvalue weighted by Gasteiger charge is 2.38. The Balaban J connectivity index is 2.46. The normalized spacial score (nSPS) is 28.8. The van der Waals surface area contributed by atoms with E-state index in [2.05, 4.69) is 12.6 Å². The van der Waals surface area contributed by atoms with Crippen molar-refractivity contribution in [3.05, 3.63) is 24.3 Å². The molecule has 1 saturated carbocycles. The first-order valence-corrected chi connectivity index (χ1v) is 10.1. The Morgan fingerprint density at radius 2 is 1.96 bits per heavy atom. The molecule has 0 unspecified atom stereocenters. The van der Waals surface area contributed by atoms with Gasteiger partial charge in [-0.15, -0.1) is 0 Å². The van der Waals surface area contributed by atoms with Gasteiger partial charge in [0.05, 0.1) is 18.3 Å². The molecule has 1 aliphatic carbocycles. The van der Waals surface area contributed by atoms with Crippen LogP contribution in [0.5, 0.6) is 0 Å². The minimum absolute atomic E-state index is 0.0346. The Hall–Kier alpha value is -0.820. The summed E-state index contributed by atoms with van der Waals surface area (Å²) in [4.78, 5) is 10.5. The van der Waals surface area contributed by atoms with Gasteiger partial charge < -0.3 is 20.4 Å². The SMILES string of the molecule is C[C@@H](O)CCC[C@H](O)C=C[C@@H]1[C@@H](CC=CCCCC(=O)O)[C@H](S)C[C@H]1O.